The number of nitrogens with one attached hydrogen (secondary N) is 1. The number of amides is 2. The summed E-state index contributed by atoms with van der Waals surface area (Å²) >= 11 is 0.937. The molecular formula is C23H21F3N2O4S. The Morgan fingerprint density at radius 1 is 1.12 bits per heavy atom. The highest BCUT2D eigenvalue weighted by molar-refractivity contribution is 7.12. The summed E-state index contributed by atoms with van der Waals surface area (Å²) in [6.07, 6.45) is -5.38. The third-order valence-corrected chi connectivity index (χ3v) is 6.69. The van der Waals surface area contributed by atoms with Gasteiger partial charge in [0.2, 0.25) is 5.54 Å². The quantitative estimate of drug-likeness (QED) is 0.703. The average Bonchev–Trinajstić information content (AvgIpc) is 3.33. The van der Waals surface area contributed by atoms with Crippen LogP contribution in [-0.2, 0) is 9.59 Å². The van der Waals surface area contributed by atoms with Crippen molar-refractivity contribution in [2.24, 2.45) is 5.41 Å². The highest BCUT2D eigenvalue weighted by Crippen LogP contribution is 2.53. The summed E-state index contributed by atoms with van der Waals surface area (Å²) in [5.41, 5.74) is -4.75. The van der Waals surface area contributed by atoms with Gasteiger partial charge in [0.1, 0.15) is 5.75 Å². The van der Waals surface area contributed by atoms with E-state index in [2.05, 4.69) is 0 Å². The highest BCUT2D eigenvalue weighted by Gasteiger charge is 2.72. The third-order valence-electron chi connectivity index (χ3n) is 5.82. The van der Waals surface area contributed by atoms with Crippen LogP contribution in [0.4, 0.5) is 18.9 Å². The number of hydrogen-bond acceptors (Lipinski definition) is 5. The Hall–Kier alpha value is -3.14. The smallest absolute Gasteiger partial charge is 0.425 e. The number of nitrogens with zero attached hydrogens (tertiary/aromatic N) is 1. The lowest BCUT2D eigenvalue weighted by Crippen LogP contribution is -2.66. The number of methoxy groups -OCH3 is 1. The minimum atomic E-state index is -5.25. The summed E-state index contributed by atoms with van der Waals surface area (Å²) in [4.78, 5) is 40.5. The molecule has 6 nitrogen and oxygen atoms in total. The van der Waals surface area contributed by atoms with E-state index >= 15 is 0 Å². The van der Waals surface area contributed by atoms with Crippen molar-refractivity contribution in [2.45, 2.75) is 38.4 Å². The average molecular weight is 478 g/mol. The van der Waals surface area contributed by atoms with Crippen molar-refractivity contribution in [2.75, 3.05) is 12.0 Å². The summed E-state index contributed by atoms with van der Waals surface area (Å²) in [5.74, 6) is -2.86. The van der Waals surface area contributed by atoms with Gasteiger partial charge in [0, 0.05) is 17.8 Å². The van der Waals surface area contributed by atoms with Crippen LogP contribution in [0.15, 0.2) is 53.0 Å². The van der Waals surface area contributed by atoms with Crippen molar-refractivity contribution in [3.05, 3.63) is 57.9 Å². The van der Waals surface area contributed by atoms with Crippen LogP contribution >= 0.6 is 11.3 Å². The number of Topliss-reactive ketones (excluding diaryl/α,β-unsaturated/α-hetero) is 1. The zero-order chi connectivity index (χ0) is 24.2. The summed E-state index contributed by atoms with van der Waals surface area (Å²) in [6.45, 7) is 3.51. The molecule has 0 unspecified atom stereocenters. The zero-order valence-corrected chi connectivity index (χ0v) is 18.9. The molecule has 0 fully saturated rings. The molecule has 174 valence electrons. The summed E-state index contributed by atoms with van der Waals surface area (Å²) in [7, 11) is 1.44. The highest BCUT2D eigenvalue weighted by atomic mass is 32.1. The van der Waals surface area contributed by atoms with E-state index in [-0.39, 0.29) is 29.1 Å². The molecule has 4 rings (SSSR count). The van der Waals surface area contributed by atoms with Crippen molar-refractivity contribution >= 4 is 34.6 Å². The second kappa shape index (κ2) is 7.72. The number of thiophene rings is 1. The van der Waals surface area contributed by atoms with Gasteiger partial charge in [0.15, 0.2) is 5.78 Å². The minimum absolute atomic E-state index is 0.0000563. The lowest BCUT2D eigenvalue weighted by atomic mass is 9.72. The number of anilines is 1. The molecule has 0 saturated heterocycles. The Morgan fingerprint density at radius 2 is 1.79 bits per heavy atom. The lowest BCUT2D eigenvalue weighted by Gasteiger charge is -2.35. The molecule has 1 atom stereocenters. The number of ether oxygens (including phenoxy) is 1. The Labute approximate surface area is 192 Å². The molecule has 2 heterocycles. The van der Waals surface area contributed by atoms with Gasteiger partial charge >= 0.3 is 6.18 Å². The van der Waals surface area contributed by atoms with Crippen LogP contribution in [-0.4, -0.2) is 36.4 Å². The van der Waals surface area contributed by atoms with Crippen LogP contribution in [0.2, 0.25) is 0 Å². The van der Waals surface area contributed by atoms with Gasteiger partial charge < -0.3 is 10.1 Å². The normalized spacial score (nSPS) is 22.4. The molecule has 0 saturated carbocycles. The molecule has 2 aromatic rings. The second-order valence-corrected chi connectivity index (χ2v) is 9.73. The first-order valence-corrected chi connectivity index (χ1v) is 11.0. The standard InChI is InChI=1S/C23H21F3N2O4S/c1-21(2)11-15-18(16(29)12-21)22(23(24,25)26,27-19(30)17-5-4-10-33-17)20(31)28(15)13-6-8-14(32-3)9-7-13/h4-10H,11-12H2,1-3H3,(H,27,30)/t22-/m1/s1. The predicted octanol–water partition coefficient (Wildman–Crippen LogP) is 4.48. The van der Waals surface area contributed by atoms with Crippen LogP contribution in [0.1, 0.15) is 36.4 Å². The summed E-state index contributed by atoms with van der Waals surface area (Å²) in [6, 6.07) is 8.78. The first-order chi connectivity index (χ1) is 15.4. The SMILES string of the molecule is COc1ccc(N2C(=O)[C@@](NC(=O)c3cccs3)(C(F)(F)F)C3=C2CC(C)(C)CC3=O)cc1. The van der Waals surface area contributed by atoms with Crippen LogP contribution < -0.4 is 15.0 Å². The number of benzene rings is 1. The topological polar surface area (TPSA) is 75.7 Å². The maximum atomic E-state index is 14.7. The number of carbonyl (C=O) groups is 3. The number of alkyl halides is 3. The molecule has 1 aliphatic heterocycles. The van der Waals surface area contributed by atoms with E-state index in [9.17, 15) is 27.6 Å². The third kappa shape index (κ3) is 3.62. The molecule has 1 aromatic heterocycles. The largest absolute Gasteiger partial charge is 0.497 e. The fourth-order valence-corrected chi connectivity index (χ4v) is 5.01. The van der Waals surface area contributed by atoms with E-state index in [1.54, 1.807) is 13.8 Å². The fraction of sp³-hybridized carbons (Fsp3) is 0.348. The first kappa shape index (κ1) is 23.0. The monoisotopic (exact) mass is 478 g/mol. The van der Waals surface area contributed by atoms with Crippen LogP contribution in [0, 0.1) is 5.41 Å². The molecule has 1 aliphatic carbocycles. The maximum absolute atomic E-state index is 14.7. The molecular weight excluding hydrogens is 457 g/mol. The Kier molecular flexibility index (Phi) is 5.39. The number of carbonyl (C=O) groups excluding carboxylic acids is 3. The molecule has 2 aliphatic rings. The lowest BCUT2D eigenvalue weighted by molar-refractivity contribution is -0.186. The Morgan fingerprint density at radius 3 is 2.33 bits per heavy atom. The van der Waals surface area contributed by atoms with E-state index in [1.165, 1.54) is 48.9 Å². The van der Waals surface area contributed by atoms with E-state index in [4.69, 9.17) is 4.74 Å². The van der Waals surface area contributed by atoms with Crippen molar-refractivity contribution in [1.82, 2.24) is 5.32 Å². The number of rotatable bonds is 4. The van der Waals surface area contributed by atoms with E-state index in [0.717, 1.165) is 16.2 Å². The fourth-order valence-electron chi connectivity index (χ4n) is 4.40. The Balaban J connectivity index is 1.93. The molecule has 10 heteroatoms. The number of hydrogen-bond donors (Lipinski definition) is 1. The second-order valence-electron chi connectivity index (χ2n) is 8.78. The van der Waals surface area contributed by atoms with Crippen LogP contribution in [0.3, 0.4) is 0 Å². The Bertz CT molecular complexity index is 1150. The molecule has 1 aromatic carbocycles. The van der Waals surface area contributed by atoms with Gasteiger partial charge in [-0.25, -0.2) is 0 Å². The van der Waals surface area contributed by atoms with Gasteiger partial charge in [-0.2, -0.15) is 13.2 Å². The van der Waals surface area contributed by atoms with Gasteiger partial charge in [0.05, 0.1) is 17.6 Å². The predicted molar refractivity (Wildman–Crippen MR) is 116 cm³/mol. The summed E-state index contributed by atoms with van der Waals surface area (Å²) < 4.78 is 49.3. The number of allylic oxidation sites excluding steroid dienone is 1. The summed E-state index contributed by atoms with van der Waals surface area (Å²) in [5, 5.41) is 3.45. The molecule has 1 N–H and O–H groups in total. The number of halogens is 3. The van der Waals surface area contributed by atoms with Gasteiger partial charge in [0.25, 0.3) is 11.8 Å². The first-order valence-electron chi connectivity index (χ1n) is 10.1. The van der Waals surface area contributed by atoms with Gasteiger partial charge in [-0.05, 0) is 47.5 Å². The molecule has 33 heavy (non-hydrogen) atoms. The van der Waals surface area contributed by atoms with Crippen LogP contribution in [0.5, 0.6) is 5.75 Å². The van der Waals surface area contributed by atoms with Crippen molar-refractivity contribution in [3.8, 4) is 5.75 Å². The van der Waals surface area contributed by atoms with Gasteiger partial charge in [-0.15, -0.1) is 11.3 Å². The van der Waals surface area contributed by atoms with Crippen LogP contribution in [0.25, 0.3) is 0 Å². The number of ketones is 1. The molecule has 0 spiro atoms. The maximum Gasteiger partial charge on any atom is 0.425 e. The van der Waals surface area contributed by atoms with E-state index in [1.807, 2.05) is 5.32 Å². The van der Waals surface area contributed by atoms with Gasteiger partial charge in [-0.3, -0.25) is 19.3 Å². The minimum Gasteiger partial charge on any atom is -0.497 e. The zero-order valence-electron chi connectivity index (χ0n) is 18.1. The molecule has 2 amide bonds. The molecule has 0 radical (unpaired) electrons. The van der Waals surface area contributed by atoms with Crippen molar-refractivity contribution < 1.29 is 32.3 Å². The van der Waals surface area contributed by atoms with E-state index < -0.39 is 40.3 Å². The van der Waals surface area contributed by atoms with Crippen molar-refractivity contribution in [3.63, 3.8) is 0 Å². The van der Waals surface area contributed by atoms with E-state index in [0.29, 0.717) is 5.75 Å². The van der Waals surface area contributed by atoms with Gasteiger partial charge in [-0.1, -0.05) is 19.9 Å². The molecule has 0 bridgehead atoms. The van der Waals surface area contributed by atoms with Crippen molar-refractivity contribution in [1.29, 1.82) is 0 Å².